The summed E-state index contributed by atoms with van der Waals surface area (Å²) < 4.78 is 0. The molecule has 4 heteroatoms. The molecule has 0 amide bonds. The van der Waals surface area contributed by atoms with Crippen LogP contribution in [0.5, 0.6) is 0 Å². The minimum Gasteiger partial charge on any atom is -0.300 e. The smallest absolute Gasteiger partial charge is 0.132 e. The van der Waals surface area contributed by atoms with E-state index in [4.69, 9.17) is 0 Å². The molecule has 0 aliphatic heterocycles. The fraction of sp³-hybridized carbons (Fsp3) is 0.958. The standard InChI is InChI=1S/C20H38N2O2.C4H10/c1-14(16(3)23)12-19(4,5)18-10-8-17(9-11-18)15(2)13-20(6,7)21-22-24;1-4(2)3/h14-15,17-18H,8-13H2,1-7H3,(H,21,24);4H,1-3H3. The lowest BCUT2D eigenvalue weighted by Crippen LogP contribution is -2.39. The van der Waals surface area contributed by atoms with Gasteiger partial charge in [-0.1, -0.05) is 48.5 Å². The third-order valence-electron chi connectivity index (χ3n) is 6.39. The third kappa shape index (κ3) is 10.6. The highest BCUT2D eigenvalue weighted by molar-refractivity contribution is 5.77. The normalized spacial score (nSPS) is 22.7. The lowest BCUT2D eigenvalue weighted by molar-refractivity contribution is -0.121. The minimum absolute atomic E-state index is 0.166. The van der Waals surface area contributed by atoms with Crippen molar-refractivity contribution in [3.8, 4) is 0 Å². The minimum atomic E-state index is -0.228. The van der Waals surface area contributed by atoms with Gasteiger partial charge in [-0.05, 0) is 88.4 Å². The lowest BCUT2D eigenvalue weighted by atomic mass is 9.63. The first-order chi connectivity index (χ1) is 12.7. The van der Waals surface area contributed by atoms with Crippen LogP contribution < -0.4 is 5.43 Å². The van der Waals surface area contributed by atoms with E-state index in [1.165, 1.54) is 25.7 Å². The zero-order valence-electron chi connectivity index (χ0n) is 20.4. The molecule has 1 saturated carbocycles. The number of hydrogen-bond acceptors (Lipinski definition) is 3. The summed E-state index contributed by atoms with van der Waals surface area (Å²) >= 11 is 0. The molecule has 2 atom stereocenters. The molecule has 28 heavy (non-hydrogen) atoms. The molecule has 0 heterocycles. The molecule has 0 spiro atoms. The summed E-state index contributed by atoms with van der Waals surface area (Å²) in [7, 11) is 0. The van der Waals surface area contributed by atoms with Crippen LogP contribution in [0.25, 0.3) is 0 Å². The molecule has 1 aliphatic rings. The SMILES string of the molecule is CC(=O)C(C)CC(C)(C)C1CCC(C(C)CC(C)(C)NN=O)CC1.CC(C)C. The Kier molecular flexibility index (Phi) is 11.5. The van der Waals surface area contributed by atoms with Crippen molar-refractivity contribution in [2.24, 2.45) is 40.3 Å². The maximum atomic E-state index is 11.6. The van der Waals surface area contributed by atoms with Gasteiger partial charge in [0.1, 0.15) is 5.78 Å². The first-order valence-electron chi connectivity index (χ1n) is 11.3. The highest BCUT2D eigenvalue weighted by atomic mass is 16.3. The highest BCUT2D eigenvalue weighted by Crippen LogP contribution is 2.46. The molecule has 0 aromatic carbocycles. The number of ketones is 1. The molecule has 1 aliphatic carbocycles. The molecule has 4 nitrogen and oxygen atoms in total. The summed E-state index contributed by atoms with van der Waals surface area (Å²) in [5.41, 5.74) is 2.70. The van der Waals surface area contributed by atoms with Gasteiger partial charge >= 0.3 is 0 Å². The van der Waals surface area contributed by atoms with Crippen molar-refractivity contribution in [2.45, 2.75) is 113 Å². The summed E-state index contributed by atoms with van der Waals surface area (Å²) in [5.74, 6) is 3.35. The maximum absolute atomic E-state index is 11.6. The van der Waals surface area contributed by atoms with Gasteiger partial charge in [0.05, 0.1) is 10.8 Å². The van der Waals surface area contributed by atoms with E-state index >= 15 is 0 Å². The summed E-state index contributed by atoms with van der Waals surface area (Å²) in [6.07, 6.45) is 7.00. The van der Waals surface area contributed by atoms with Crippen LogP contribution in [0.4, 0.5) is 0 Å². The molecule has 0 aromatic heterocycles. The van der Waals surface area contributed by atoms with Gasteiger partial charge in [0.25, 0.3) is 0 Å². The van der Waals surface area contributed by atoms with E-state index in [-0.39, 0.29) is 16.9 Å². The van der Waals surface area contributed by atoms with Crippen molar-refractivity contribution in [3.63, 3.8) is 0 Å². The number of hydrogen-bond donors (Lipinski definition) is 1. The molecular weight excluding hydrogens is 348 g/mol. The zero-order valence-corrected chi connectivity index (χ0v) is 20.4. The van der Waals surface area contributed by atoms with E-state index in [2.05, 4.69) is 59.2 Å². The highest BCUT2D eigenvalue weighted by Gasteiger charge is 2.36. The van der Waals surface area contributed by atoms with Crippen LogP contribution in [0, 0.1) is 39.9 Å². The van der Waals surface area contributed by atoms with Crippen molar-refractivity contribution in [1.82, 2.24) is 5.43 Å². The first-order valence-corrected chi connectivity index (χ1v) is 11.3. The monoisotopic (exact) mass is 396 g/mol. The Labute approximate surface area is 175 Å². The van der Waals surface area contributed by atoms with E-state index in [0.717, 1.165) is 24.7 Å². The Morgan fingerprint density at radius 3 is 1.82 bits per heavy atom. The second-order valence-corrected chi connectivity index (χ2v) is 11.3. The summed E-state index contributed by atoms with van der Waals surface area (Å²) in [6, 6.07) is 0. The average molecular weight is 397 g/mol. The molecular formula is C24H48N2O2. The van der Waals surface area contributed by atoms with E-state index in [1.807, 2.05) is 13.8 Å². The number of carbonyl (C=O) groups excluding carboxylic acids is 1. The number of Topliss-reactive ketones (excluding diaryl/α,β-unsaturated/α-hetero) is 1. The molecule has 166 valence electrons. The van der Waals surface area contributed by atoms with Crippen molar-refractivity contribution in [2.75, 3.05) is 0 Å². The Morgan fingerprint density at radius 2 is 1.43 bits per heavy atom. The summed E-state index contributed by atoms with van der Waals surface area (Å²) in [4.78, 5) is 22.1. The topological polar surface area (TPSA) is 58.5 Å². The second kappa shape index (κ2) is 11.9. The number of nitrogens with zero attached hydrogens (tertiary/aromatic N) is 1. The van der Waals surface area contributed by atoms with Gasteiger partial charge in [-0.2, -0.15) is 0 Å². The number of nitroso groups, excluding NO2 is 1. The van der Waals surface area contributed by atoms with Crippen molar-refractivity contribution in [1.29, 1.82) is 0 Å². The summed E-state index contributed by atoms with van der Waals surface area (Å²) in [5, 5.41) is 2.86. The van der Waals surface area contributed by atoms with Gasteiger partial charge in [0.2, 0.25) is 0 Å². The van der Waals surface area contributed by atoms with Crippen molar-refractivity contribution < 1.29 is 4.79 Å². The Balaban J connectivity index is 0.00000165. The number of carbonyl (C=O) groups is 1. The van der Waals surface area contributed by atoms with E-state index in [9.17, 15) is 9.70 Å². The van der Waals surface area contributed by atoms with E-state index < -0.39 is 0 Å². The van der Waals surface area contributed by atoms with Gasteiger partial charge in [-0.15, -0.1) is 4.91 Å². The van der Waals surface area contributed by atoms with Gasteiger partial charge in [0, 0.05) is 5.92 Å². The molecule has 2 unspecified atom stereocenters. The summed E-state index contributed by atoms with van der Waals surface area (Å²) in [6.45, 7) is 21.3. The second-order valence-electron chi connectivity index (χ2n) is 11.3. The van der Waals surface area contributed by atoms with E-state index in [0.29, 0.717) is 17.6 Å². The predicted octanol–water partition coefficient (Wildman–Crippen LogP) is 7.17. The van der Waals surface area contributed by atoms with Crippen LogP contribution in [0.3, 0.4) is 0 Å². The van der Waals surface area contributed by atoms with Crippen LogP contribution in [0.2, 0.25) is 0 Å². The molecule has 0 bridgehead atoms. The molecule has 1 N–H and O–H groups in total. The van der Waals surface area contributed by atoms with Gasteiger partial charge in [-0.3, -0.25) is 10.2 Å². The zero-order chi connectivity index (χ0) is 22.1. The van der Waals surface area contributed by atoms with Crippen LogP contribution in [0.1, 0.15) is 108 Å². The Morgan fingerprint density at radius 1 is 0.964 bits per heavy atom. The predicted molar refractivity (Wildman–Crippen MR) is 121 cm³/mol. The molecule has 0 radical (unpaired) electrons. The average Bonchev–Trinajstić information content (AvgIpc) is 2.53. The molecule has 0 saturated heterocycles. The van der Waals surface area contributed by atoms with Crippen LogP contribution in [-0.4, -0.2) is 11.3 Å². The van der Waals surface area contributed by atoms with Gasteiger partial charge in [-0.25, -0.2) is 0 Å². The van der Waals surface area contributed by atoms with Crippen molar-refractivity contribution >= 4 is 5.78 Å². The quantitative estimate of drug-likeness (QED) is 0.332. The van der Waals surface area contributed by atoms with Gasteiger partial charge < -0.3 is 0 Å². The van der Waals surface area contributed by atoms with Crippen LogP contribution in [-0.2, 0) is 4.79 Å². The Hall–Kier alpha value is -0.930. The van der Waals surface area contributed by atoms with Crippen LogP contribution >= 0.6 is 0 Å². The maximum Gasteiger partial charge on any atom is 0.132 e. The largest absolute Gasteiger partial charge is 0.300 e. The molecule has 1 rings (SSSR count). The fourth-order valence-corrected chi connectivity index (χ4v) is 4.71. The van der Waals surface area contributed by atoms with Crippen LogP contribution in [0.15, 0.2) is 5.29 Å². The van der Waals surface area contributed by atoms with Crippen molar-refractivity contribution in [3.05, 3.63) is 4.91 Å². The lowest BCUT2D eigenvalue weighted by Gasteiger charge is -2.42. The third-order valence-corrected chi connectivity index (χ3v) is 6.39. The first kappa shape index (κ1) is 27.1. The van der Waals surface area contributed by atoms with E-state index in [1.54, 1.807) is 6.92 Å². The fourth-order valence-electron chi connectivity index (χ4n) is 4.71. The number of nitrogens with one attached hydrogen (secondary N) is 1. The number of rotatable bonds is 9. The molecule has 1 fully saturated rings. The Bertz CT molecular complexity index is 460. The van der Waals surface area contributed by atoms with Gasteiger partial charge in [0.15, 0.2) is 0 Å². The molecule has 0 aromatic rings.